The van der Waals surface area contributed by atoms with Crippen LogP contribution in [0.15, 0.2) is 65.5 Å². The summed E-state index contributed by atoms with van der Waals surface area (Å²) in [5.74, 6) is 0.347. The largest absolute Gasteiger partial charge is 0.481 e. The lowest BCUT2D eigenvalue weighted by Gasteiger charge is -2.21. The molecule has 2 heterocycles. The lowest BCUT2D eigenvalue weighted by atomic mass is 9.86. The normalized spacial score (nSPS) is 14.2. The average Bonchev–Trinajstić information content (AvgIpc) is 3.48. The summed E-state index contributed by atoms with van der Waals surface area (Å²) in [5.41, 5.74) is 4.24. The molecule has 7 nitrogen and oxygen atoms in total. The third-order valence-corrected chi connectivity index (χ3v) is 7.64. The van der Waals surface area contributed by atoms with Crippen molar-refractivity contribution in [2.24, 2.45) is 5.92 Å². The third-order valence-electron chi connectivity index (χ3n) is 7.64. The van der Waals surface area contributed by atoms with Gasteiger partial charge in [-0.3, -0.25) is 14.6 Å². The number of hydrogen-bond donors (Lipinski definition) is 2. The van der Waals surface area contributed by atoms with Crippen LogP contribution in [0.25, 0.3) is 17.0 Å². The summed E-state index contributed by atoms with van der Waals surface area (Å²) in [4.78, 5) is 32.0. The van der Waals surface area contributed by atoms with E-state index >= 15 is 0 Å². The van der Waals surface area contributed by atoms with Crippen LogP contribution < -0.4 is 5.32 Å². The molecule has 3 aromatic rings. The zero-order valence-electron chi connectivity index (χ0n) is 23.3. The number of carboxylic acid groups (broad SMARTS) is 1. The molecule has 2 aromatic heterocycles. The minimum Gasteiger partial charge on any atom is -0.481 e. The minimum atomic E-state index is -0.745. The highest BCUT2D eigenvalue weighted by atomic mass is 16.4. The molecule has 1 aliphatic carbocycles. The summed E-state index contributed by atoms with van der Waals surface area (Å²) in [6.45, 7) is 0.658. The first kappa shape index (κ1) is 29.2. The molecule has 0 bridgehead atoms. The quantitative estimate of drug-likeness (QED) is 0.190. The van der Waals surface area contributed by atoms with E-state index in [-0.39, 0.29) is 12.3 Å². The van der Waals surface area contributed by atoms with Gasteiger partial charge in [-0.1, -0.05) is 75.6 Å². The van der Waals surface area contributed by atoms with Crippen LogP contribution in [0, 0.1) is 5.92 Å². The van der Waals surface area contributed by atoms with Gasteiger partial charge in [0.25, 0.3) is 5.91 Å². The van der Waals surface area contributed by atoms with Crippen molar-refractivity contribution in [3.63, 3.8) is 0 Å². The molecule has 1 saturated carbocycles. The molecule has 1 aromatic carbocycles. The van der Waals surface area contributed by atoms with Crippen molar-refractivity contribution < 1.29 is 19.1 Å². The van der Waals surface area contributed by atoms with Crippen LogP contribution in [0.5, 0.6) is 0 Å². The number of pyridine rings is 1. The Bertz CT molecular complexity index is 1230. The second-order valence-electron chi connectivity index (χ2n) is 10.7. The fraction of sp³-hybridized carbons (Fsp3) is 0.455. The van der Waals surface area contributed by atoms with Crippen molar-refractivity contribution in [3.05, 3.63) is 78.0 Å². The van der Waals surface area contributed by atoms with E-state index in [0.29, 0.717) is 24.6 Å². The number of nitrogens with zero attached hydrogens (tertiary/aromatic N) is 2. The van der Waals surface area contributed by atoms with Crippen LogP contribution in [0.3, 0.4) is 0 Å². The van der Waals surface area contributed by atoms with E-state index in [1.165, 1.54) is 44.8 Å². The number of carboxylic acids is 1. The van der Waals surface area contributed by atoms with Gasteiger partial charge in [-0.15, -0.1) is 0 Å². The maximum Gasteiger partial charge on any atom is 0.303 e. The van der Waals surface area contributed by atoms with E-state index in [9.17, 15) is 9.59 Å². The number of nitrogens with one attached hydrogen (secondary N) is 1. The van der Waals surface area contributed by atoms with Crippen molar-refractivity contribution >= 4 is 17.4 Å². The fourth-order valence-corrected chi connectivity index (χ4v) is 5.40. The van der Waals surface area contributed by atoms with E-state index < -0.39 is 5.97 Å². The van der Waals surface area contributed by atoms with Crippen LogP contribution in [0.2, 0.25) is 0 Å². The highest BCUT2D eigenvalue weighted by Gasteiger charge is 2.15. The number of benzene rings is 1. The van der Waals surface area contributed by atoms with Crippen LogP contribution >= 0.6 is 0 Å². The molecule has 2 N–H and O–H groups in total. The summed E-state index contributed by atoms with van der Waals surface area (Å²) in [7, 11) is 0. The van der Waals surface area contributed by atoms with Crippen LogP contribution in [0.1, 0.15) is 105 Å². The van der Waals surface area contributed by atoms with Gasteiger partial charge in [0.2, 0.25) is 5.89 Å². The van der Waals surface area contributed by atoms with Gasteiger partial charge < -0.3 is 14.8 Å². The van der Waals surface area contributed by atoms with Crippen LogP contribution in [-0.4, -0.2) is 33.5 Å². The second kappa shape index (κ2) is 15.8. The summed E-state index contributed by atoms with van der Waals surface area (Å²) in [5, 5.41) is 11.8. The van der Waals surface area contributed by atoms with Gasteiger partial charge in [-0.25, -0.2) is 4.98 Å². The van der Waals surface area contributed by atoms with Gasteiger partial charge in [0.1, 0.15) is 6.26 Å². The van der Waals surface area contributed by atoms with Crippen molar-refractivity contribution in [1.82, 2.24) is 15.3 Å². The maximum absolute atomic E-state index is 12.6. The molecule has 1 amide bonds. The molecule has 40 heavy (non-hydrogen) atoms. The molecule has 212 valence electrons. The first-order valence-electron chi connectivity index (χ1n) is 14.8. The summed E-state index contributed by atoms with van der Waals surface area (Å²) in [6.07, 6.45) is 21.1. The van der Waals surface area contributed by atoms with E-state index in [2.05, 4.69) is 21.4 Å². The molecule has 1 fully saturated rings. The van der Waals surface area contributed by atoms with Gasteiger partial charge in [-0.2, -0.15) is 0 Å². The lowest BCUT2D eigenvalue weighted by molar-refractivity contribution is -0.137. The molecule has 4 rings (SSSR count). The number of amides is 1. The topological polar surface area (TPSA) is 105 Å². The fourth-order valence-electron chi connectivity index (χ4n) is 5.40. The Labute approximate surface area is 237 Å². The first-order valence-corrected chi connectivity index (χ1v) is 14.8. The Balaban J connectivity index is 1.31. The standard InChI is InChI=1S/C33H41N3O4/c37-31(38)16-7-2-1-6-15-29(28-14-10-21-34-23-28)26-17-19-27(20-18-26)33-36-30(24-40-33)32(39)35-22-9-8-13-25-11-4-3-5-12-25/h10,14-15,17-21,23-25H,1-9,11-13,16,22H2,(H,35,39)(H,37,38)/b29-15+. The van der Waals surface area contributed by atoms with Gasteiger partial charge >= 0.3 is 5.97 Å². The second-order valence-corrected chi connectivity index (χ2v) is 10.7. The SMILES string of the molecule is O=C(O)CCCCC/C=C(\c1ccc(-c2nc(C(=O)NCCCCC3CCCCC3)co2)cc1)c1cccnc1. The number of oxazole rings is 1. The number of aromatic nitrogens is 2. The number of carbonyl (C=O) groups is 2. The van der Waals surface area contributed by atoms with Gasteiger partial charge in [0.15, 0.2) is 5.69 Å². The monoisotopic (exact) mass is 543 g/mol. The molecular formula is C33H41N3O4. The Morgan fingerprint density at radius 1 is 0.975 bits per heavy atom. The van der Waals surface area contributed by atoms with Crippen LogP contribution in [-0.2, 0) is 4.79 Å². The molecule has 7 heteroatoms. The van der Waals surface area contributed by atoms with Crippen molar-refractivity contribution in [2.75, 3.05) is 6.54 Å². The Hall–Kier alpha value is -3.74. The summed E-state index contributed by atoms with van der Waals surface area (Å²) < 4.78 is 5.64. The van der Waals surface area contributed by atoms with Crippen molar-refractivity contribution in [3.8, 4) is 11.5 Å². The highest BCUT2D eigenvalue weighted by molar-refractivity contribution is 5.92. The molecule has 0 saturated heterocycles. The average molecular weight is 544 g/mol. The number of unbranched alkanes of at least 4 members (excludes halogenated alkanes) is 4. The van der Waals surface area contributed by atoms with Gasteiger partial charge in [-0.05, 0) is 60.9 Å². The predicted molar refractivity (Wildman–Crippen MR) is 157 cm³/mol. The Morgan fingerprint density at radius 3 is 2.55 bits per heavy atom. The molecule has 0 atom stereocenters. The van der Waals surface area contributed by atoms with Gasteiger partial charge in [0.05, 0.1) is 0 Å². The summed E-state index contributed by atoms with van der Waals surface area (Å²) in [6, 6.07) is 11.9. The number of aliphatic carboxylic acids is 1. The molecule has 0 spiro atoms. The van der Waals surface area contributed by atoms with Gasteiger partial charge in [0, 0.05) is 36.5 Å². The van der Waals surface area contributed by atoms with E-state index in [0.717, 1.165) is 60.3 Å². The Morgan fingerprint density at radius 2 is 1.80 bits per heavy atom. The van der Waals surface area contributed by atoms with Crippen LogP contribution in [0.4, 0.5) is 0 Å². The van der Waals surface area contributed by atoms with Crippen molar-refractivity contribution in [1.29, 1.82) is 0 Å². The Kier molecular flexibility index (Phi) is 11.5. The van der Waals surface area contributed by atoms with E-state index in [1.54, 1.807) is 6.20 Å². The predicted octanol–water partition coefficient (Wildman–Crippen LogP) is 7.68. The number of rotatable bonds is 15. The summed E-state index contributed by atoms with van der Waals surface area (Å²) >= 11 is 0. The molecule has 0 unspecified atom stereocenters. The molecular weight excluding hydrogens is 502 g/mol. The number of carbonyl (C=O) groups excluding carboxylic acids is 1. The molecule has 0 radical (unpaired) electrons. The van der Waals surface area contributed by atoms with E-state index in [1.807, 2.05) is 42.6 Å². The molecule has 1 aliphatic rings. The maximum atomic E-state index is 12.6. The zero-order valence-corrected chi connectivity index (χ0v) is 23.3. The first-order chi connectivity index (χ1) is 19.6. The third kappa shape index (κ3) is 9.18. The zero-order chi connectivity index (χ0) is 28.0. The van der Waals surface area contributed by atoms with E-state index in [4.69, 9.17) is 9.52 Å². The minimum absolute atomic E-state index is 0.200. The number of allylic oxidation sites excluding steroid dienone is 1. The lowest BCUT2D eigenvalue weighted by Crippen LogP contribution is -2.24. The highest BCUT2D eigenvalue weighted by Crippen LogP contribution is 2.28. The van der Waals surface area contributed by atoms with Crippen molar-refractivity contribution in [2.45, 2.75) is 83.5 Å². The molecule has 0 aliphatic heterocycles. The number of hydrogen-bond acceptors (Lipinski definition) is 5. The smallest absolute Gasteiger partial charge is 0.303 e.